The van der Waals surface area contributed by atoms with Crippen molar-refractivity contribution in [2.45, 2.75) is 31.7 Å². The van der Waals surface area contributed by atoms with Gasteiger partial charge in [-0.05, 0) is 48.6 Å². The second-order valence-electron chi connectivity index (χ2n) is 6.61. The van der Waals surface area contributed by atoms with Crippen LogP contribution >= 0.6 is 0 Å². The van der Waals surface area contributed by atoms with Gasteiger partial charge in [-0.25, -0.2) is 4.98 Å². The molecule has 1 aliphatic rings. The second-order valence-corrected chi connectivity index (χ2v) is 6.61. The second kappa shape index (κ2) is 7.05. The van der Waals surface area contributed by atoms with E-state index in [0.717, 1.165) is 37.0 Å². The Balaban J connectivity index is 1.32. The highest BCUT2D eigenvalue weighted by Gasteiger charge is 2.23. The zero-order valence-electron chi connectivity index (χ0n) is 14.2. The van der Waals surface area contributed by atoms with Gasteiger partial charge < -0.3 is 9.47 Å². The van der Waals surface area contributed by atoms with Crippen molar-refractivity contribution in [3.63, 3.8) is 0 Å². The Bertz CT molecular complexity index is 850. The van der Waals surface area contributed by atoms with Gasteiger partial charge in [-0.2, -0.15) is 0 Å². The average Bonchev–Trinajstić information content (AvgIpc) is 3.10. The Labute approximate surface area is 147 Å². The predicted molar refractivity (Wildman–Crippen MR) is 97.1 cm³/mol. The number of fused-ring (bicyclic) bond motifs is 1. The number of nitrogens with zero attached hydrogens (tertiary/aromatic N) is 4. The minimum atomic E-state index is 0.242. The fourth-order valence-electron chi connectivity index (χ4n) is 3.66. The smallest absolute Gasteiger partial charge is 0.224 e. The van der Waals surface area contributed by atoms with E-state index in [2.05, 4.69) is 26.7 Å². The third-order valence-electron chi connectivity index (χ3n) is 5.12. The summed E-state index contributed by atoms with van der Waals surface area (Å²) in [7, 11) is 0. The molecule has 128 valence electrons. The molecule has 0 unspecified atom stereocenters. The Kier molecular flexibility index (Phi) is 4.46. The summed E-state index contributed by atoms with van der Waals surface area (Å²) in [6.07, 6.45) is 8.12. The summed E-state index contributed by atoms with van der Waals surface area (Å²) in [6.45, 7) is 2.37. The lowest BCUT2D eigenvalue weighted by atomic mass is 9.90. The molecule has 0 atom stereocenters. The molecule has 1 saturated heterocycles. The monoisotopic (exact) mass is 334 g/mol. The third kappa shape index (κ3) is 3.40. The van der Waals surface area contributed by atoms with Gasteiger partial charge in [-0.3, -0.25) is 9.78 Å². The maximum Gasteiger partial charge on any atom is 0.224 e. The van der Waals surface area contributed by atoms with E-state index in [-0.39, 0.29) is 5.91 Å². The zero-order valence-corrected chi connectivity index (χ0v) is 14.2. The molecular weight excluding hydrogens is 312 g/mol. The Morgan fingerprint density at radius 2 is 1.84 bits per heavy atom. The molecule has 1 aromatic carbocycles. The van der Waals surface area contributed by atoms with Gasteiger partial charge in [0, 0.05) is 38.4 Å². The number of benzene rings is 1. The van der Waals surface area contributed by atoms with Crippen molar-refractivity contribution in [1.29, 1.82) is 0 Å². The number of carbonyl (C=O) groups excluding carboxylic acids is 1. The molecule has 5 nitrogen and oxygen atoms in total. The van der Waals surface area contributed by atoms with Gasteiger partial charge in [0.1, 0.15) is 0 Å². The number of para-hydroxylation sites is 2. The number of carbonyl (C=O) groups is 1. The number of likely N-dealkylation sites (tertiary alicyclic amines) is 1. The highest BCUT2D eigenvalue weighted by atomic mass is 16.2. The molecule has 3 heterocycles. The van der Waals surface area contributed by atoms with E-state index in [1.54, 1.807) is 0 Å². The Hall–Kier alpha value is -2.69. The summed E-state index contributed by atoms with van der Waals surface area (Å²) in [5, 5.41) is 0. The maximum absolute atomic E-state index is 12.6. The standard InChI is InChI=1S/C20H22N4O/c25-20(9-14-24-15-22-18-3-1-2-4-19(18)24)23-12-7-17(8-13-23)16-5-10-21-11-6-16/h1-6,10-11,15,17H,7-9,12-14H2. The number of hydrogen-bond donors (Lipinski definition) is 0. The van der Waals surface area contributed by atoms with Crippen molar-refractivity contribution in [1.82, 2.24) is 19.4 Å². The van der Waals surface area contributed by atoms with Gasteiger partial charge >= 0.3 is 0 Å². The molecule has 2 aromatic heterocycles. The van der Waals surface area contributed by atoms with E-state index in [1.807, 2.05) is 47.9 Å². The number of aromatic nitrogens is 3. The molecular formula is C20H22N4O. The van der Waals surface area contributed by atoms with Crippen molar-refractivity contribution in [2.75, 3.05) is 13.1 Å². The number of aryl methyl sites for hydroxylation is 1. The molecule has 5 heteroatoms. The summed E-state index contributed by atoms with van der Waals surface area (Å²) in [5.74, 6) is 0.788. The van der Waals surface area contributed by atoms with Crippen molar-refractivity contribution in [3.8, 4) is 0 Å². The topological polar surface area (TPSA) is 51.0 Å². The van der Waals surface area contributed by atoms with Gasteiger partial charge in [0.15, 0.2) is 0 Å². The van der Waals surface area contributed by atoms with Crippen LogP contribution in [0.5, 0.6) is 0 Å². The van der Waals surface area contributed by atoms with Crippen LogP contribution < -0.4 is 0 Å². The van der Waals surface area contributed by atoms with Crippen LogP contribution in [-0.2, 0) is 11.3 Å². The van der Waals surface area contributed by atoms with E-state index in [4.69, 9.17) is 0 Å². The minimum absolute atomic E-state index is 0.242. The number of imidazole rings is 1. The van der Waals surface area contributed by atoms with Crippen LogP contribution in [0.25, 0.3) is 11.0 Å². The first kappa shape index (κ1) is 15.8. The van der Waals surface area contributed by atoms with Gasteiger partial charge in [0.2, 0.25) is 5.91 Å². The molecule has 0 bridgehead atoms. The van der Waals surface area contributed by atoms with E-state index in [9.17, 15) is 4.79 Å². The molecule has 25 heavy (non-hydrogen) atoms. The van der Waals surface area contributed by atoms with Gasteiger partial charge in [-0.1, -0.05) is 12.1 Å². The SMILES string of the molecule is O=C(CCn1cnc2ccccc21)N1CCC(c2ccncc2)CC1. The molecule has 0 N–H and O–H groups in total. The van der Waals surface area contributed by atoms with E-state index < -0.39 is 0 Å². The number of rotatable bonds is 4. The lowest BCUT2D eigenvalue weighted by molar-refractivity contribution is -0.132. The lowest BCUT2D eigenvalue weighted by Crippen LogP contribution is -2.38. The molecule has 3 aromatic rings. The van der Waals surface area contributed by atoms with Gasteiger partial charge in [0.25, 0.3) is 0 Å². The van der Waals surface area contributed by atoms with Gasteiger partial charge in [0.05, 0.1) is 17.4 Å². The number of amides is 1. The number of hydrogen-bond acceptors (Lipinski definition) is 3. The first-order valence-electron chi connectivity index (χ1n) is 8.89. The molecule has 0 saturated carbocycles. The van der Waals surface area contributed by atoms with Crippen LogP contribution in [-0.4, -0.2) is 38.4 Å². The molecule has 0 radical (unpaired) electrons. The zero-order chi connectivity index (χ0) is 17.1. The van der Waals surface area contributed by atoms with Crippen LogP contribution in [0.1, 0.15) is 30.7 Å². The number of piperidine rings is 1. The van der Waals surface area contributed by atoms with Crippen LogP contribution in [0.15, 0.2) is 55.1 Å². The normalized spacial score (nSPS) is 15.6. The average molecular weight is 334 g/mol. The maximum atomic E-state index is 12.6. The van der Waals surface area contributed by atoms with Gasteiger partial charge in [-0.15, -0.1) is 0 Å². The Morgan fingerprint density at radius 3 is 2.64 bits per heavy atom. The molecule has 0 aliphatic carbocycles. The van der Waals surface area contributed by atoms with Crippen molar-refractivity contribution >= 4 is 16.9 Å². The van der Waals surface area contributed by atoms with E-state index >= 15 is 0 Å². The molecule has 1 amide bonds. The molecule has 0 spiro atoms. The van der Waals surface area contributed by atoms with Crippen LogP contribution in [0.2, 0.25) is 0 Å². The molecule has 1 aliphatic heterocycles. The van der Waals surface area contributed by atoms with Crippen molar-refractivity contribution < 1.29 is 4.79 Å². The van der Waals surface area contributed by atoms with Crippen LogP contribution in [0.4, 0.5) is 0 Å². The summed E-state index contributed by atoms with van der Waals surface area (Å²) < 4.78 is 2.07. The quantitative estimate of drug-likeness (QED) is 0.736. The highest BCUT2D eigenvalue weighted by molar-refractivity contribution is 5.77. The minimum Gasteiger partial charge on any atom is -0.343 e. The fraction of sp³-hybridized carbons (Fsp3) is 0.350. The number of pyridine rings is 1. The molecule has 1 fully saturated rings. The first-order valence-corrected chi connectivity index (χ1v) is 8.89. The first-order chi connectivity index (χ1) is 12.3. The largest absolute Gasteiger partial charge is 0.343 e. The van der Waals surface area contributed by atoms with Crippen LogP contribution in [0.3, 0.4) is 0 Å². The van der Waals surface area contributed by atoms with Crippen LogP contribution in [0, 0.1) is 0 Å². The summed E-state index contributed by atoms with van der Waals surface area (Å²) >= 11 is 0. The lowest BCUT2D eigenvalue weighted by Gasteiger charge is -2.32. The summed E-state index contributed by atoms with van der Waals surface area (Å²) in [4.78, 5) is 23.0. The van der Waals surface area contributed by atoms with Crippen molar-refractivity contribution in [3.05, 3.63) is 60.7 Å². The fourth-order valence-corrected chi connectivity index (χ4v) is 3.66. The highest BCUT2D eigenvalue weighted by Crippen LogP contribution is 2.27. The summed E-state index contributed by atoms with van der Waals surface area (Å²) in [6, 6.07) is 12.2. The summed E-state index contributed by atoms with van der Waals surface area (Å²) in [5.41, 5.74) is 3.41. The molecule has 4 rings (SSSR count). The Morgan fingerprint density at radius 1 is 1.08 bits per heavy atom. The third-order valence-corrected chi connectivity index (χ3v) is 5.12. The predicted octanol–water partition coefficient (Wildman–Crippen LogP) is 3.23. The van der Waals surface area contributed by atoms with E-state index in [0.29, 0.717) is 18.9 Å². The van der Waals surface area contributed by atoms with Crippen molar-refractivity contribution in [2.24, 2.45) is 0 Å². The van der Waals surface area contributed by atoms with E-state index in [1.165, 1.54) is 5.56 Å².